The van der Waals surface area contributed by atoms with E-state index in [1.54, 1.807) is 0 Å². The molecule has 1 aliphatic carbocycles. The lowest BCUT2D eigenvalue weighted by molar-refractivity contribution is 0.348. The van der Waals surface area contributed by atoms with E-state index < -0.39 is 0 Å². The van der Waals surface area contributed by atoms with Gasteiger partial charge in [0.1, 0.15) is 18.2 Å². The minimum Gasteiger partial charge on any atom is -0.492 e. The Kier molecular flexibility index (Phi) is 3.19. The highest BCUT2D eigenvalue weighted by Crippen LogP contribution is 2.34. The van der Waals surface area contributed by atoms with Crippen LogP contribution in [0.2, 0.25) is 0 Å². The lowest BCUT2D eigenvalue weighted by Crippen LogP contribution is -2.36. The second-order valence-corrected chi connectivity index (χ2v) is 5.00. The van der Waals surface area contributed by atoms with Gasteiger partial charge in [0.05, 0.1) is 12.0 Å². The van der Waals surface area contributed by atoms with Crippen molar-refractivity contribution in [3.8, 4) is 5.75 Å². The SMILES string of the molecule is NNC(=NC1CCCC1)C1COc2ccccc21. The number of ether oxygens (including phenoxy) is 1. The highest BCUT2D eigenvalue weighted by molar-refractivity contribution is 5.90. The average Bonchev–Trinajstić information content (AvgIpc) is 3.05. The van der Waals surface area contributed by atoms with E-state index in [2.05, 4.69) is 11.5 Å². The quantitative estimate of drug-likeness (QED) is 0.362. The van der Waals surface area contributed by atoms with Crippen molar-refractivity contribution in [2.75, 3.05) is 6.61 Å². The van der Waals surface area contributed by atoms with Crippen molar-refractivity contribution in [1.82, 2.24) is 5.43 Å². The molecule has 0 saturated heterocycles. The number of nitrogens with two attached hydrogens (primary N) is 1. The van der Waals surface area contributed by atoms with Gasteiger partial charge in [-0.3, -0.25) is 4.99 Å². The largest absolute Gasteiger partial charge is 0.492 e. The van der Waals surface area contributed by atoms with Crippen LogP contribution in [0.3, 0.4) is 0 Å². The van der Waals surface area contributed by atoms with Crippen molar-refractivity contribution in [3.05, 3.63) is 29.8 Å². The molecule has 1 saturated carbocycles. The van der Waals surface area contributed by atoms with Crippen LogP contribution in [0.25, 0.3) is 0 Å². The Morgan fingerprint density at radius 1 is 1.28 bits per heavy atom. The Balaban J connectivity index is 1.85. The third-order valence-corrected chi connectivity index (χ3v) is 3.82. The lowest BCUT2D eigenvalue weighted by Gasteiger charge is -2.14. The van der Waals surface area contributed by atoms with E-state index >= 15 is 0 Å². The predicted molar refractivity (Wildman–Crippen MR) is 71.7 cm³/mol. The molecule has 1 aromatic carbocycles. The molecule has 1 heterocycles. The molecule has 4 heteroatoms. The number of benzene rings is 1. The van der Waals surface area contributed by atoms with Gasteiger partial charge in [0, 0.05) is 5.56 Å². The molecule has 1 aromatic rings. The van der Waals surface area contributed by atoms with Crippen LogP contribution in [-0.4, -0.2) is 18.5 Å². The van der Waals surface area contributed by atoms with Gasteiger partial charge in [0.25, 0.3) is 0 Å². The van der Waals surface area contributed by atoms with E-state index in [1.807, 2.05) is 18.2 Å². The number of rotatable bonds is 2. The van der Waals surface area contributed by atoms with E-state index in [0.29, 0.717) is 12.6 Å². The average molecular weight is 245 g/mol. The maximum atomic E-state index is 5.68. The summed E-state index contributed by atoms with van der Waals surface area (Å²) in [5.74, 6) is 7.63. The van der Waals surface area contributed by atoms with Crippen LogP contribution in [0, 0.1) is 0 Å². The molecular formula is C14H19N3O. The zero-order chi connectivity index (χ0) is 12.4. The zero-order valence-electron chi connectivity index (χ0n) is 10.4. The molecule has 0 aromatic heterocycles. The smallest absolute Gasteiger partial charge is 0.123 e. The number of hydrogen-bond donors (Lipinski definition) is 2. The number of para-hydroxylation sites is 1. The molecule has 0 bridgehead atoms. The topological polar surface area (TPSA) is 59.6 Å². The van der Waals surface area contributed by atoms with Gasteiger partial charge in [-0.25, -0.2) is 5.84 Å². The summed E-state index contributed by atoms with van der Waals surface area (Å²) < 4.78 is 5.68. The highest BCUT2D eigenvalue weighted by Gasteiger charge is 2.29. The second-order valence-electron chi connectivity index (χ2n) is 5.00. The number of hydrazine groups is 1. The van der Waals surface area contributed by atoms with Crippen molar-refractivity contribution in [2.45, 2.75) is 37.6 Å². The van der Waals surface area contributed by atoms with E-state index in [9.17, 15) is 0 Å². The molecule has 1 aliphatic heterocycles. The summed E-state index contributed by atoms with van der Waals surface area (Å²) in [5.41, 5.74) is 3.97. The Bertz CT molecular complexity index is 452. The maximum Gasteiger partial charge on any atom is 0.123 e. The van der Waals surface area contributed by atoms with E-state index in [-0.39, 0.29) is 5.92 Å². The number of fused-ring (bicyclic) bond motifs is 1. The lowest BCUT2D eigenvalue weighted by atomic mass is 10.00. The van der Waals surface area contributed by atoms with Gasteiger partial charge in [0.15, 0.2) is 0 Å². The second kappa shape index (κ2) is 4.98. The van der Waals surface area contributed by atoms with Crippen molar-refractivity contribution < 1.29 is 4.74 Å². The Hall–Kier alpha value is -1.55. The highest BCUT2D eigenvalue weighted by atomic mass is 16.5. The fourth-order valence-electron chi connectivity index (χ4n) is 2.85. The molecule has 3 rings (SSSR count). The number of aliphatic imine (C=N–C) groups is 1. The minimum absolute atomic E-state index is 0.159. The van der Waals surface area contributed by atoms with Crippen LogP contribution in [0.15, 0.2) is 29.3 Å². The number of nitrogens with zero attached hydrogens (tertiary/aromatic N) is 1. The van der Waals surface area contributed by atoms with Crippen LogP contribution in [0.4, 0.5) is 0 Å². The minimum atomic E-state index is 0.159. The fraction of sp³-hybridized carbons (Fsp3) is 0.500. The maximum absolute atomic E-state index is 5.68. The summed E-state index contributed by atoms with van der Waals surface area (Å²) in [5, 5.41) is 0. The third kappa shape index (κ3) is 2.08. The fourth-order valence-corrected chi connectivity index (χ4v) is 2.85. The summed E-state index contributed by atoms with van der Waals surface area (Å²) >= 11 is 0. The van der Waals surface area contributed by atoms with E-state index in [1.165, 1.54) is 31.2 Å². The van der Waals surface area contributed by atoms with E-state index in [4.69, 9.17) is 15.6 Å². The van der Waals surface area contributed by atoms with Gasteiger partial charge < -0.3 is 10.2 Å². The van der Waals surface area contributed by atoms with Gasteiger partial charge in [-0.1, -0.05) is 31.0 Å². The van der Waals surface area contributed by atoms with Crippen molar-refractivity contribution in [2.24, 2.45) is 10.8 Å². The Labute approximate surface area is 107 Å². The van der Waals surface area contributed by atoms with E-state index in [0.717, 1.165) is 11.6 Å². The van der Waals surface area contributed by atoms with Crippen molar-refractivity contribution in [1.29, 1.82) is 0 Å². The van der Waals surface area contributed by atoms with Gasteiger partial charge >= 0.3 is 0 Å². The summed E-state index contributed by atoms with van der Waals surface area (Å²) in [4.78, 5) is 4.78. The number of amidine groups is 1. The monoisotopic (exact) mass is 245 g/mol. The van der Waals surface area contributed by atoms with Gasteiger partial charge in [-0.15, -0.1) is 0 Å². The first-order valence-electron chi connectivity index (χ1n) is 6.64. The summed E-state index contributed by atoms with van der Waals surface area (Å²) in [6.45, 7) is 0.634. The molecule has 1 fully saturated rings. The Morgan fingerprint density at radius 2 is 2.06 bits per heavy atom. The van der Waals surface area contributed by atoms with Gasteiger partial charge in [-0.05, 0) is 18.9 Å². The molecule has 1 atom stereocenters. The van der Waals surface area contributed by atoms with Crippen LogP contribution >= 0.6 is 0 Å². The van der Waals surface area contributed by atoms with Gasteiger partial charge in [-0.2, -0.15) is 0 Å². The van der Waals surface area contributed by atoms with Crippen LogP contribution in [-0.2, 0) is 0 Å². The molecule has 3 N–H and O–H groups in total. The predicted octanol–water partition coefficient (Wildman–Crippen LogP) is 1.97. The molecule has 0 spiro atoms. The van der Waals surface area contributed by atoms with Crippen LogP contribution < -0.4 is 16.0 Å². The zero-order valence-corrected chi connectivity index (χ0v) is 10.4. The molecule has 0 amide bonds. The van der Waals surface area contributed by atoms with Crippen molar-refractivity contribution in [3.63, 3.8) is 0 Å². The molecule has 96 valence electrons. The first kappa shape index (κ1) is 11.5. The molecule has 1 unspecified atom stereocenters. The van der Waals surface area contributed by atoms with Crippen LogP contribution in [0.1, 0.15) is 37.2 Å². The summed E-state index contributed by atoms with van der Waals surface area (Å²) in [7, 11) is 0. The molecule has 18 heavy (non-hydrogen) atoms. The first-order valence-corrected chi connectivity index (χ1v) is 6.64. The molecule has 4 nitrogen and oxygen atoms in total. The van der Waals surface area contributed by atoms with Gasteiger partial charge in [0.2, 0.25) is 0 Å². The third-order valence-electron chi connectivity index (χ3n) is 3.82. The van der Waals surface area contributed by atoms with Crippen molar-refractivity contribution >= 4 is 5.84 Å². The molecule has 0 radical (unpaired) electrons. The number of hydrogen-bond acceptors (Lipinski definition) is 3. The number of nitrogens with one attached hydrogen (secondary N) is 1. The Morgan fingerprint density at radius 3 is 2.83 bits per heavy atom. The summed E-state index contributed by atoms with van der Waals surface area (Å²) in [6, 6.07) is 8.55. The van der Waals surface area contributed by atoms with Crippen LogP contribution in [0.5, 0.6) is 5.75 Å². The molecule has 2 aliphatic rings. The summed E-state index contributed by atoms with van der Waals surface area (Å²) in [6.07, 6.45) is 4.92. The normalized spacial score (nSPS) is 23.8. The standard InChI is InChI=1S/C14H19N3O/c15-17-14(16-10-5-1-2-6-10)12-9-18-13-8-4-3-7-11(12)13/h3-4,7-8,10,12H,1-2,5-6,9,15H2,(H,16,17). The molecular weight excluding hydrogens is 226 g/mol. The first-order chi connectivity index (χ1) is 8.88.